The van der Waals surface area contributed by atoms with Crippen molar-refractivity contribution in [2.45, 2.75) is 0 Å². The summed E-state index contributed by atoms with van der Waals surface area (Å²) in [4.78, 5) is 15.3. The van der Waals surface area contributed by atoms with E-state index in [0.717, 1.165) is 33.2 Å². The van der Waals surface area contributed by atoms with Crippen LogP contribution in [0.3, 0.4) is 0 Å². The van der Waals surface area contributed by atoms with E-state index in [1.807, 2.05) is 91.3 Å². The smallest absolute Gasteiger partial charge is 0.423 e. The first kappa shape index (κ1) is 25.0. The van der Waals surface area contributed by atoms with Crippen LogP contribution in [-0.4, -0.2) is 26.7 Å². The third-order valence-corrected chi connectivity index (χ3v) is 6.52. The highest BCUT2D eigenvalue weighted by molar-refractivity contribution is 6.60. The van der Waals surface area contributed by atoms with Gasteiger partial charge in [-0.1, -0.05) is 109 Å². The van der Waals surface area contributed by atoms with Crippen LogP contribution in [0.5, 0.6) is 0 Å². The molecule has 0 amide bonds. The van der Waals surface area contributed by atoms with Gasteiger partial charge >= 0.3 is 7.12 Å². The molecule has 0 saturated heterocycles. The highest BCUT2D eigenvalue weighted by atomic mass is 16.4. The first-order valence-corrected chi connectivity index (χ1v) is 12.4. The molecule has 0 aliphatic rings. The van der Waals surface area contributed by atoms with Gasteiger partial charge in [0.2, 0.25) is 0 Å². The number of hydrogen-bond acceptors (Lipinski definition) is 3. The number of aromatic amines is 1. The first-order valence-electron chi connectivity index (χ1n) is 12.4. The van der Waals surface area contributed by atoms with Crippen molar-refractivity contribution in [3.8, 4) is 33.4 Å². The molecular formula is C32H27BN2O3. The van der Waals surface area contributed by atoms with E-state index < -0.39 is 7.12 Å². The van der Waals surface area contributed by atoms with Crippen molar-refractivity contribution in [2.75, 3.05) is 0 Å². The van der Waals surface area contributed by atoms with Gasteiger partial charge < -0.3 is 19.6 Å². The van der Waals surface area contributed by atoms with E-state index >= 15 is 0 Å². The number of nitrogens with one attached hydrogen (secondary N) is 1. The van der Waals surface area contributed by atoms with Gasteiger partial charge in [0, 0.05) is 30.4 Å². The predicted octanol–water partition coefficient (Wildman–Crippen LogP) is 5.23. The van der Waals surface area contributed by atoms with E-state index in [1.54, 1.807) is 23.7 Å². The van der Waals surface area contributed by atoms with Crippen LogP contribution in [0.15, 0.2) is 132 Å². The van der Waals surface area contributed by atoms with Gasteiger partial charge in [0.15, 0.2) is 0 Å². The highest BCUT2D eigenvalue weighted by Crippen LogP contribution is 2.34. The summed E-state index contributed by atoms with van der Waals surface area (Å²) in [7, 11) is 0.360. The van der Waals surface area contributed by atoms with E-state index in [2.05, 4.69) is 29.2 Å². The number of aromatic nitrogens is 2. The lowest BCUT2D eigenvalue weighted by Gasteiger charge is -2.12. The fourth-order valence-electron chi connectivity index (χ4n) is 4.67. The normalized spacial score (nSPS) is 10.6. The van der Waals surface area contributed by atoms with Crippen LogP contribution in [0.25, 0.3) is 44.3 Å². The van der Waals surface area contributed by atoms with Gasteiger partial charge in [-0.25, -0.2) is 0 Å². The molecule has 3 N–H and O–H groups in total. The molecule has 0 radical (unpaired) electrons. The Balaban J connectivity index is 0.000000170. The number of fused-ring (bicyclic) bond motifs is 1. The Kier molecular flexibility index (Phi) is 7.36. The molecule has 0 spiro atoms. The first-order chi connectivity index (χ1) is 18.5. The number of H-pyrrole nitrogens is 1. The number of pyridine rings is 1. The maximum atomic E-state index is 12.3. The van der Waals surface area contributed by atoms with Crippen LogP contribution in [0.1, 0.15) is 0 Å². The molecule has 4 aromatic carbocycles. The molecule has 186 valence electrons. The Morgan fingerprint density at radius 1 is 0.632 bits per heavy atom. The van der Waals surface area contributed by atoms with Crippen molar-refractivity contribution in [3.05, 3.63) is 138 Å². The van der Waals surface area contributed by atoms with Gasteiger partial charge in [-0.3, -0.25) is 4.79 Å². The predicted molar refractivity (Wildman–Crippen MR) is 156 cm³/mol. The van der Waals surface area contributed by atoms with Gasteiger partial charge in [0.1, 0.15) is 5.52 Å². The summed E-state index contributed by atoms with van der Waals surface area (Å²) in [5.41, 5.74) is 7.52. The maximum Gasteiger partial charge on any atom is 0.489 e. The molecule has 0 saturated carbocycles. The van der Waals surface area contributed by atoms with Crippen molar-refractivity contribution < 1.29 is 10.0 Å². The highest BCUT2D eigenvalue weighted by Gasteiger charge is 2.16. The number of rotatable bonds is 4. The molecule has 5 nitrogen and oxygen atoms in total. The Labute approximate surface area is 221 Å². The van der Waals surface area contributed by atoms with E-state index in [1.165, 1.54) is 5.56 Å². The average molecular weight is 498 g/mol. The van der Waals surface area contributed by atoms with Gasteiger partial charge in [0.25, 0.3) is 5.56 Å². The van der Waals surface area contributed by atoms with Gasteiger partial charge in [-0.2, -0.15) is 0 Å². The third-order valence-electron chi connectivity index (χ3n) is 6.52. The summed E-state index contributed by atoms with van der Waals surface area (Å²) in [6.07, 6.45) is 3.74. The Bertz CT molecular complexity index is 1730. The van der Waals surface area contributed by atoms with E-state index in [-0.39, 0.29) is 5.56 Å². The van der Waals surface area contributed by atoms with Gasteiger partial charge in [0.05, 0.1) is 0 Å². The molecule has 0 aliphatic carbocycles. The molecule has 6 aromatic rings. The number of benzene rings is 4. The lowest BCUT2D eigenvalue weighted by Crippen LogP contribution is -2.31. The quantitative estimate of drug-likeness (QED) is 0.291. The Morgan fingerprint density at radius 3 is 1.79 bits per heavy atom. The van der Waals surface area contributed by atoms with E-state index in [0.29, 0.717) is 11.0 Å². The monoisotopic (exact) mass is 498 g/mol. The second-order valence-corrected chi connectivity index (χ2v) is 8.96. The fourth-order valence-corrected chi connectivity index (χ4v) is 4.67. The lowest BCUT2D eigenvalue weighted by molar-refractivity contribution is 0.426. The largest absolute Gasteiger partial charge is 0.489 e. The molecule has 2 aromatic heterocycles. The molecule has 6 heteroatoms. The summed E-state index contributed by atoms with van der Waals surface area (Å²) >= 11 is 0. The van der Waals surface area contributed by atoms with Crippen molar-refractivity contribution in [1.82, 2.24) is 9.55 Å². The van der Waals surface area contributed by atoms with Gasteiger partial charge in [-0.05, 0) is 39.3 Å². The number of hydrogen-bond donors (Lipinski definition) is 3. The summed E-state index contributed by atoms with van der Waals surface area (Å²) < 4.78 is 1.63. The molecular weight excluding hydrogens is 471 g/mol. The minimum atomic E-state index is -1.43. The second kappa shape index (κ2) is 11.2. The second-order valence-electron chi connectivity index (χ2n) is 8.96. The van der Waals surface area contributed by atoms with Crippen LogP contribution < -0.4 is 11.0 Å². The van der Waals surface area contributed by atoms with Crippen LogP contribution in [0.2, 0.25) is 0 Å². The van der Waals surface area contributed by atoms with Crippen LogP contribution >= 0.6 is 0 Å². The standard InChI is InChI=1S/C20H16N2O.C12H11BO2/c1-22-13-18(17-11-12-21-19(17)20(22)23)16-10-6-5-9-15(16)14-7-3-2-4-8-14;14-13(15)12-9-5-4-8-11(12)10-6-2-1-3-7-10/h2-13,21H,1H3;1-9,14-15H. The zero-order valence-corrected chi connectivity index (χ0v) is 21.0. The molecule has 0 fully saturated rings. The summed E-state index contributed by atoms with van der Waals surface area (Å²) in [5, 5.41) is 19.4. The summed E-state index contributed by atoms with van der Waals surface area (Å²) in [6.45, 7) is 0. The van der Waals surface area contributed by atoms with E-state index in [4.69, 9.17) is 0 Å². The summed E-state index contributed by atoms with van der Waals surface area (Å²) in [6, 6.07) is 37.5. The maximum absolute atomic E-state index is 12.3. The molecule has 0 atom stereocenters. The van der Waals surface area contributed by atoms with Gasteiger partial charge in [-0.15, -0.1) is 0 Å². The van der Waals surface area contributed by atoms with Crippen molar-refractivity contribution in [3.63, 3.8) is 0 Å². The SMILES string of the molecule is Cn1cc(-c2ccccc2-c2ccccc2)c2cc[nH]c2c1=O.OB(O)c1ccccc1-c1ccccc1. The molecule has 0 aliphatic heterocycles. The lowest BCUT2D eigenvalue weighted by atomic mass is 9.75. The molecule has 0 unspecified atom stereocenters. The zero-order chi connectivity index (χ0) is 26.5. The Hall–Kier alpha value is -4.65. The van der Waals surface area contributed by atoms with Crippen molar-refractivity contribution in [2.24, 2.45) is 7.05 Å². The van der Waals surface area contributed by atoms with Crippen molar-refractivity contribution >= 4 is 23.5 Å². The van der Waals surface area contributed by atoms with Crippen molar-refractivity contribution in [1.29, 1.82) is 0 Å². The van der Waals surface area contributed by atoms with Crippen LogP contribution in [-0.2, 0) is 7.05 Å². The molecule has 6 rings (SSSR count). The average Bonchev–Trinajstić information content (AvgIpc) is 3.47. The van der Waals surface area contributed by atoms with Crippen LogP contribution in [0.4, 0.5) is 0 Å². The van der Waals surface area contributed by atoms with Crippen LogP contribution in [0, 0.1) is 0 Å². The summed E-state index contributed by atoms with van der Waals surface area (Å²) in [5.74, 6) is 0. The topological polar surface area (TPSA) is 78.2 Å². The third kappa shape index (κ3) is 5.09. The molecule has 38 heavy (non-hydrogen) atoms. The fraction of sp³-hybridized carbons (Fsp3) is 0.0312. The molecule has 0 bridgehead atoms. The zero-order valence-electron chi connectivity index (χ0n) is 21.0. The Morgan fingerprint density at radius 2 is 1.16 bits per heavy atom. The number of aryl methyl sites for hydroxylation is 1. The minimum absolute atomic E-state index is 0.00839. The number of nitrogens with zero attached hydrogens (tertiary/aromatic N) is 1. The van der Waals surface area contributed by atoms with E-state index in [9.17, 15) is 14.8 Å². The minimum Gasteiger partial charge on any atom is -0.423 e. The molecule has 2 heterocycles.